The third-order valence-corrected chi connectivity index (χ3v) is 4.47. The number of fused-ring (bicyclic) bond motifs is 1. The lowest BCUT2D eigenvalue weighted by Crippen LogP contribution is -2.44. The lowest BCUT2D eigenvalue weighted by atomic mass is 10.0. The number of carbonyl (C=O) groups is 1. The highest BCUT2D eigenvalue weighted by Gasteiger charge is 2.27. The Morgan fingerprint density at radius 3 is 3.00 bits per heavy atom. The Morgan fingerprint density at radius 2 is 2.15 bits per heavy atom. The summed E-state index contributed by atoms with van der Waals surface area (Å²) in [5.41, 5.74) is 0.800. The third kappa shape index (κ3) is 3.28. The highest BCUT2D eigenvalue weighted by Crippen LogP contribution is 2.21. The van der Waals surface area contributed by atoms with E-state index in [1.165, 1.54) is 6.07 Å². The largest absolute Gasteiger partial charge is 0.471 e. The number of likely N-dealkylation sites (tertiary alicyclic amines) is 1. The van der Waals surface area contributed by atoms with Gasteiger partial charge in [-0.1, -0.05) is 18.2 Å². The summed E-state index contributed by atoms with van der Waals surface area (Å²) in [5, 5.41) is 0.745. The molecule has 1 amide bonds. The van der Waals surface area contributed by atoms with Gasteiger partial charge in [-0.15, -0.1) is 0 Å². The predicted octanol–water partition coefficient (Wildman–Crippen LogP) is 2.00. The van der Waals surface area contributed by atoms with Crippen molar-refractivity contribution in [1.29, 1.82) is 0 Å². The smallest absolute Gasteiger partial charge is 0.254 e. The summed E-state index contributed by atoms with van der Waals surface area (Å²) in [6.07, 6.45) is 6.25. The highest BCUT2D eigenvalue weighted by atomic mass is 16.5. The van der Waals surface area contributed by atoms with Gasteiger partial charge in [0, 0.05) is 35.9 Å². The van der Waals surface area contributed by atoms with Crippen molar-refractivity contribution in [3.8, 4) is 5.88 Å². The van der Waals surface area contributed by atoms with E-state index in [4.69, 9.17) is 4.74 Å². The van der Waals surface area contributed by atoms with Gasteiger partial charge in [0.2, 0.25) is 11.4 Å². The molecule has 1 aromatic carbocycles. The van der Waals surface area contributed by atoms with Crippen LogP contribution in [0.25, 0.3) is 10.9 Å². The number of piperidine rings is 1. The molecule has 2 aromatic heterocycles. The number of benzene rings is 1. The number of hydrogen-bond donors (Lipinski definition) is 1. The van der Waals surface area contributed by atoms with Crippen LogP contribution >= 0.6 is 0 Å². The number of aromatic amines is 1. The van der Waals surface area contributed by atoms with Crippen LogP contribution in [0, 0.1) is 0 Å². The fraction of sp³-hybridized carbons (Fsp3) is 0.263. The van der Waals surface area contributed by atoms with E-state index in [0.717, 1.165) is 18.2 Å². The Hall–Kier alpha value is -3.22. The molecule has 1 aliphatic heterocycles. The zero-order valence-corrected chi connectivity index (χ0v) is 14.1. The maximum absolute atomic E-state index is 13.1. The lowest BCUT2D eigenvalue weighted by molar-refractivity contribution is 0.0528. The Kier molecular flexibility index (Phi) is 4.35. The van der Waals surface area contributed by atoms with Gasteiger partial charge < -0.3 is 14.6 Å². The monoisotopic (exact) mass is 350 g/mol. The van der Waals surface area contributed by atoms with Crippen LogP contribution in [0.15, 0.2) is 53.7 Å². The molecule has 4 rings (SSSR count). The highest BCUT2D eigenvalue weighted by molar-refractivity contribution is 6.05. The number of pyridine rings is 1. The molecule has 1 atom stereocenters. The molecule has 0 aliphatic carbocycles. The van der Waals surface area contributed by atoms with E-state index >= 15 is 0 Å². The molecular formula is C19H18N4O3. The SMILES string of the molecule is O=C(c1cc(=O)[nH]c2ccccc12)N1CCC[C@H](Oc2cnccn2)C1. The molecule has 7 nitrogen and oxygen atoms in total. The zero-order chi connectivity index (χ0) is 17.9. The minimum Gasteiger partial charge on any atom is -0.471 e. The average Bonchev–Trinajstić information content (AvgIpc) is 2.68. The molecule has 7 heteroatoms. The number of rotatable bonds is 3. The average molecular weight is 350 g/mol. The van der Waals surface area contributed by atoms with E-state index in [1.807, 2.05) is 18.2 Å². The molecule has 1 saturated heterocycles. The lowest BCUT2D eigenvalue weighted by Gasteiger charge is -2.32. The van der Waals surface area contributed by atoms with Crippen molar-refractivity contribution < 1.29 is 9.53 Å². The van der Waals surface area contributed by atoms with Crippen molar-refractivity contribution in [2.24, 2.45) is 0 Å². The number of aromatic nitrogens is 3. The molecule has 1 N–H and O–H groups in total. The van der Waals surface area contributed by atoms with Gasteiger partial charge in [0.05, 0.1) is 18.3 Å². The second-order valence-corrected chi connectivity index (χ2v) is 6.27. The zero-order valence-electron chi connectivity index (χ0n) is 14.1. The standard InChI is InChI=1S/C19H18N4O3/c24-17-10-15(14-5-1-2-6-16(14)22-17)19(25)23-9-3-4-13(12-23)26-18-11-20-7-8-21-18/h1-2,5-8,10-11,13H,3-4,9,12H2,(H,22,24)/t13-/m0/s1. The third-order valence-electron chi connectivity index (χ3n) is 4.47. The first-order valence-corrected chi connectivity index (χ1v) is 8.55. The maximum atomic E-state index is 13.1. The minimum atomic E-state index is -0.281. The Bertz CT molecular complexity index is 987. The molecule has 1 aliphatic rings. The van der Waals surface area contributed by atoms with Gasteiger partial charge in [-0.25, -0.2) is 4.98 Å². The normalized spacial score (nSPS) is 17.2. The van der Waals surface area contributed by atoms with Crippen LogP contribution in [-0.4, -0.2) is 45.0 Å². The summed E-state index contributed by atoms with van der Waals surface area (Å²) in [6.45, 7) is 1.09. The quantitative estimate of drug-likeness (QED) is 0.780. The first-order valence-electron chi connectivity index (χ1n) is 8.55. The van der Waals surface area contributed by atoms with Crippen LogP contribution in [-0.2, 0) is 0 Å². The van der Waals surface area contributed by atoms with E-state index in [2.05, 4.69) is 15.0 Å². The van der Waals surface area contributed by atoms with Gasteiger partial charge in [-0.2, -0.15) is 0 Å². The summed E-state index contributed by atoms with van der Waals surface area (Å²) in [6, 6.07) is 8.70. The number of H-pyrrole nitrogens is 1. The van der Waals surface area contributed by atoms with E-state index in [1.54, 1.807) is 29.6 Å². The molecule has 26 heavy (non-hydrogen) atoms. The van der Waals surface area contributed by atoms with Crippen molar-refractivity contribution in [3.63, 3.8) is 0 Å². The molecule has 3 aromatic rings. The fourth-order valence-corrected chi connectivity index (χ4v) is 3.29. The Morgan fingerprint density at radius 1 is 1.27 bits per heavy atom. The molecule has 3 heterocycles. The van der Waals surface area contributed by atoms with E-state index in [9.17, 15) is 9.59 Å². The van der Waals surface area contributed by atoms with E-state index in [0.29, 0.717) is 30.0 Å². The summed E-state index contributed by atoms with van der Waals surface area (Å²) in [4.78, 5) is 37.6. The van der Waals surface area contributed by atoms with Gasteiger partial charge in [0.15, 0.2) is 0 Å². The van der Waals surface area contributed by atoms with Crippen LogP contribution in [0.1, 0.15) is 23.2 Å². The topological polar surface area (TPSA) is 88.2 Å². The van der Waals surface area contributed by atoms with Gasteiger partial charge in [0.25, 0.3) is 5.91 Å². The van der Waals surface area contributed by atoms with E-state index < -0.39 is 0 Å². The van der Waals surface area contributed by atoms with Crippen LogP contribution in [0.2, 0.25) is 0 Å². The summed E-state index contributed by atoms with van der Waals surface area (Å²) >= 11 is 0. The van der Waals surface area contributed by atoms with Crippen LogP contribution in [0.3, 0.4) is 0 Å². The van der Waals surface area contributed by atoms with Gasteiger partial charge in [0.1, 0.15) is 6.10 Å². The van der Waals surface area contributed by atoms with Gasteiger partial charge in [-0.3, -0.25) is 14.6 Å². The summed E-state index contributed by atoms with van der Waals surface area (Å²) in [7, 11) is 0. The minimum absolute atomic E-state index is 0.141. The number of nitrogens with zero attached hydrogens (tertiary/aromatic N) is 3. The second-order valence-electron chi connectivity index (χ2n) is 6.27. The molecule has 1 fully saturated rings. The molecule has 0 spiro atoms. The molecule has 132 valence electrons. The number of para-hydroxylation sites is 1. The maximum Gasteiger partial charge on any atom is 0.254 e. The second kappa shape index (κ2) is 6.95. The predicted molar refractivity (Wildman–Crippen MR) is 96.2 cm³/mol. The van der Waals surface area contributed by atoms with Crippen molar-refractivity contribution in [2.45, 2.75) is 18.9 Å². The van der Waals surface area contributed by atoms with Crippen molar-refractivity contribution in [1.82, 2.24) is 19.9 Å². The Labute approximate surface area is 149 Å². The van der Waals surface area contributed by atoms with Gasteiger partial charge >= 0.3 is 0 Å². The summed E-state index contributed by atoms with van der Waals surface area (Å²) in [5.74, 6) is 0.299. The summed E-state index contributed by atoms with van der Waals surface area (Å²) < 4.78 is 5.85. The molecule has 0 bridgehead atoms. The van der Waals surface area contributed by atoms with Gasteiger partial charge in [-0.05, 0) is 18.9 Å². The number of amides is 1. The first kappa shape index (κ1) is 16.3. The molecule has 0 radical (unpaired) electrons. The Balaban J connectivity index is 1.57. The van der Waals surface area contributed by atoms with Crippen LogP contribution in [0.5, 0.6) is 5.88 Å². The van der Waals surface area contributed by atoms with Crippen LogP contribution in [0.4, 0.5) is 0 Å². The van der Waals surface area contributed by atoms with Crippen molar-refractivity contribution in [3.05, 3.63) is 64.8 Å². The molecular weight excluding hydrogens is 332 g/mol. The van der Waals surface area contributed by atoms with Crippen LogP contribution < -0.4 is 10.3 Å². The van der Waals surface area contributed by atoms with E-state index in [-0.39, 0.29) is 17.6 Å². The number of nitrogens with one attached hydrogen (secondary N) is 1. The first-order chi connectivity index (χ1) is 12.7. The van der Waals surface area contributed by atoms with Crippen molar-refractivity contribution in [2.75, 3.05) is 13.1 Å². The fourth-order valence-electron chi connectivity index (χ4n) is 3.29. The molecule has 0 saturated carbocycles. The van der Waals surface area contributed by atoms with Crippen molar-refractivity contribution >= 4 is 16.8 Å². The number of ether oxygens (including phenoxy) is 1. The number of hydrogen-bond acceptors (Lipinski definition) is 5. The molecule has 0 unspecified atom stereocenters. The number of carbonyl (C=O) groups excluding carboxylic acids is 1.